The molecule has 0 aliphatic heterocycles. The fourth-order valence-electron chi connectivity index (χ4n) is 2.70. The average molecular weight is 311 g/mol. The molecule has 0 atom stereocenters. The van der Waals surface area contributed by atoms with Gasteiger partial charge in [-0.2, -0.15) is 0 Å². The van der Waals surface area contributed by atoms with Crippen LogP contribution in [0.3, 0.4) is 0 Å². The molecule has 0 aromatic rings. The average Bonchev–Trinajstić information content (AvgIpc) is 2.50. The maximum Gasteiger partial charge on any atom is 0.303 e. The Hall–Kier alpha value is -0.790. The van der Waals surface area contributed by atoms with E-state index in [1.54, 1.807) is 0 Å². The third-order valence-corrected chi connectivity index (χ3v) is 4.15. The van der Waals surface area contributed by atoms with Crippen molar-refractivity contribution in [2.24, 2.45) is 0 Å². The summed E-state index contributed by atoms with van der Waals surface area (Å²) in [6.45, 7) is 2.27. The van der Waals surface area contributed by atoms with Gasteiger partial charge in [-0.1, -0.05) is 83.3 Å². The Morgan fingerprint density at radius 2 is 1.09 bits per heavy atom. The van der Waals surface area contributed by atoms with Crippen LogP contribution in [-0.4, -0.2) is 11.1 Å². The first-order valence-electron chi connectivity index (χ1n) is 9.64. The zero-order chi connectivity index (χ0) is 16.3. The normalized spacial score (nSPS) is 11.3. The minimum absolute atomic E-state index is 0.337. The zero-order valence-corrected chi connectivity index (χ0v) is 14.8. The fraction of sp³-hybridized carbons (Fsp3) is 0.850. The molecule has 0 amide bonds. The van der Waals surface area contributed by atoms with Crippen LogP contribution in [0.1, 0.15) is 110 Å². The highest BCUT2D eigenvalue weighted by atomic mass is 16.4. The van der Waals surface area contributed by atoms with E-state index in [-0.39, 0.29) is 0 Å². The number of carboxylic acids is 1. The molecular formula is C20H38O2. The summed E-state index contributed by atoms with van der Waals surface area (Å²) >= 11 is 0. The smallest absolute Gasteiger partial charge is 0.303 e. The SMILES string of the molecule is CCCCCCCC/C=C\CCCCCCCCCC(=O)O. The maximum atomic E-state index is 10.4. The van der Waals surface area contributed by atoms with Crippen LogP contribution in [0.5, 0.6) is 0 Å². The number of carbonyl (C=O) groups is 1. The van der Waals surface area contributed by atoms with Gasteiger partial charge >= 0.3 is 5.97 Å². The van der Waals surface area contributed by atoms with Gasteiger partial charge in [-0.15, -0.1) is 0 Å². The minimum atomic E-state index is -0.659. The summed E-state index contributed by atoms with van der Waals surface area (Å²) in [4.78, 5) is 10.4. The molecule has 0 aromatic carbocycles. The standard InChI is InChI=1S/C20H38O2/c1-2-3-4-5-6-7-8-9-10-11-12-13-14-15-16-17-18-19-20(21)22/h9-10H,2-8,11-19H2,1H3,(H,21,22)/b10-9-. The van der Waals surface area contributed by atoms with Gasteiger partial charge in [0, 0.05) is 6.42 Å². The Bertz CT molecular complexity index is 258. The summed E-state index contributed by atoms with van der Waals surface area (Å²) in [5.41, 5.74) is 0. The van der Waals surface area contributed by atoms with Gasteiger partial charge < -0.3 is 5.11 Å². The van der Waals surface area contributed by atoms with Crippen molar-refractivity contribution in [1.29, 1.82) is 0 Å². The van der Waals surface area contributed by atoms with Crippen molar-refractivity contribution in [2.45, 2.75) is 110 Å². The maximum absolute atomic E-state index is 10.4. The van der Waals surface area contributed by atoms with E-state index < -0.39 is 5.97 Å². The molecule has 2 nitrogen and oxygen atoms in total. The van der Waals surface area contributed by atoms with Gasteiger partial charge in [0.2, 0.25) is 0 Å². The number of rotatable bonds is 17. The number of hydrogen-bond acceptors (Lipinski definition) is 1. The molecule has 0 fully saturated rings. The predicted molar refractivity (Wildman–Crippen MR) is 96.3 cm³/mol. The second kappa shape index (κ2) is 18.3. The number of unbranched alkanes of at least 4 members (excludes halogenated alkanes) is 13. The van der Waals surface area contributed by atoms with Crippen molar-refractivity contribution in [1.82, 2.24) is 0 Å². The number of allylic oxidation sites excluding steroid dienone is 2. The van der Waals surface area contributed by atoms with E-state index >= 15 is 0 Å². The van der Waals surface area contributed by atoms with Crippen LogP contribution in [0.2, 0.25) is 0 Å². The first-order chi connectivity index (χ1) is 10.8. The molecule has 1 N–H and O–H groups in total. The van der Waals surface area contributed by atoms with Crippen molar-refractivity contribution in [3.05, 3.63) is 12.2 Å². The number of aliphatic carboxylic acids is 1. The van der Waals surface area contributed by atoms with Gasteiger partial charge in [-0.25, -0.2) is 0 Å². The molecule has 0 radical (unpaired) electrons. The Balaban J connectivity index is 3.06. The lowest BCUT2D eigenvalue weighted by Crippen LogP contribution is -1.93. The molecule has 0 saturated carbocycles. The first kappa shape index (κ1) is 21.2. The number of hydrogen-bond donors (Lipinski definition) is 1. The van der Waals surface area contributed by atoms with Crippen LogP contribution < -0.4 is 0 Å². The molecule has 2 heteroatoms. The molecule has 0 heterocycles. The Labute approximate surface area is 138 Å². The molecular weight excluding hydrogens is 272 g/mol. The fourth-order valence-corrected chi connectivity index (χ4v) is 2.70. The van der Waals surface area contributed by atoms with Crippen LogP contribution in [0, 0.1) is 0 Å². The van der Waals surface area contributed by atoms with E-state index in [2.05, 4.69) is 19.1 Å². The Morgan fingerprint density at radius 1 is 0.682 bits per heavy atom. The first-order valence-corrected chi connectivity index (χ1v) is 9.64. The second-order valence-corrected chi connectivity index (χ2v) is 6.44. The van der Waals surface area contributed by atoms with Crippen LogP contribution >= 0.6 is 0 Å². The number of carboxylic acid groups (broad SMARTS) is 1. The molecule has 0 aromatic heterocycles. The lowest BCUT2D eigenvalue weighted by Gasteiger charge is -2.00. The molecule has 0 spiro atoms. The molecule has 0 rings (SSSR count). The van der Waals surface area contributed by atoms with E-state index in [4.69, 9.17) is 5.11 Å². The molecule has 0 aliphatic rings. The summed E-state index contributed by atoms with van der Waals surface area (Å²) in [6.07, 6.45) is 24.2. The summed E-state index contributed by atoms with van der Waals surface area (Å²) < 4.78 is 0. The van der Waals surface area contributed by atoms with Crippen LogP contribution in [-0.2, 0) is 4.79 Å². The van der Waals surface area contributed by atoms with E-state index in [9.17, 15) is 4.79 Å². The molecule has 0 bridgehead atoms. The van der Waals surface area contributed by atoms with Crippen LogP contribution in [0.15, 0.2) is 12.2 Å². The Morgan fingerprint density at radius 3 is 1.55 bits per heavy atom. The van der Waals surface area contributed by atoms with Gasteiger partial charge in [0.15, 0.2) is 0 Å². The van der Waals surface area contributed by atoms with Gasteiger partial charge in [0.1, 0.15) is 0 Å². The zero-order valence-electron chi connectivity index (χ0n) is 14.8. The molecule has 0 unspecified atom stereocenters. The van der Waals surface area contributed by atoms with Crippen LogP contribution in [0.25, 0.3) is 0 Å². The third kappa shape index (κ3) is 19.2. The topological polar surface area (TPSA) is 37.3 Å². The molecule has 22 heavy (non-hydrogen) atoms. The second-order valence-electron chi connectivity index (χ2n) is 6.44. The predicted octanol–water partition coefficient (Wildman–Crippen LogP) is 6.89. The quantitative estimate of drug-likeness (QED) is 0.234. The van der Waals surface area contributed by atoms with Gasteiger partial charge in [-0.05, 0) is 32.1 Å². The summed E-state index contributed by atoms with van der Waals surface area (Å²) in [5.74, 6) is -0.659. The monoisotopic (exact) mass is 310 g/mol. The highest BCUT2D eigenvalue weighted by Gasteiger charge is 1.96. The van der Waals surface area contributed by atoms with E-state index in [1.807, 2.05) is 0 Å². The van der Waals surface area contributed by atoms with E-state index in [1.165, 1.54) is 83.5 Å². The van der Waals surface area contributed by atoms with Crippen LogP contribution in [0.4, 0.5) is 0 Å². The largest absolute Gasteiger partial charge is 0.481 e. The van der Waals surface area contributed by atoms with Crippen molar-refractivity contribution < 1.29 is 9.90 Å². The molecule has 0 aliphatic carbocycles. The summed E-state index contributed by atoms with van der Waals surface area (Å²) in [5, 5.41) is 8.53. The van der Waals surface area contributed by atoms with Gasteiger partial charge in [0.05, 0.1) is 0 Å². The summed E-state index contributed by atoms with van der Waals surface area (Å²) in [6, 6.07) is 0. The van der Waals surface area contributed by atoms with Gasteiger partial charge in [0.25, 0.3) is 0 Å². The van der Waals surface area contributed by atoms with Crippen molar-refractivity contribution in [2.75, 3.05) is 0 Å². The lowest BCUT2D eigenvalue weighted by molar-refractivity contribution is -0.137. The minimum Gasteiger partial charge on any atom is -0.481 e. The van der Waals surface area contributed by atoms with Crippen molar-refractivity contribution in [3.8, 4) is 0 Å². The third-order valence-electron chi connectivity index (χ3n) is 4.15. The molecule has 130 valence electrons. The lowest BCUT2D eigenvalue weighted by atomic mass is 10.1. The van der Waals surface area contributed by atoms with E-state index in [0.29, 0.717) is 6.42 Å². The van der Waals surface area contributed by atoms with Crippen molar-refractivity contribution in [3.63, 3.8) is 0 Å². The van der Waals surface area contributed by atoms with Crippen molar-refractivity contribution >= 4 is 5.97 Å². The summed E-state index contributed by atoms with van der Waals surface area (Å²) in [7, 11) is 0. The Kier molecular flexibility index (Phi) is 17.6. The van der Waals surface area contributed by atoms with E-state index in [0.717, 1.165) is 12.8 Å². The highest BCUT2D eigenvalue weighted by molar-refractivity contribution is 5.66. The molecule has 0 saturated heterocycles. The highest BCUT2D eigenvalue weighted by Crippen LogP contribution is 2.11. The van der Waals surface area contributed by atoms with Gasteiger partial charge in [-0.3, -0.25) is 4.79 Å².